The molecule has 1 aliphatic rings. The first-order chi connectivity index (χ1) is 5.38. The lowest BCUT2D eigenvalue weighted by atomic mass is 9.97. The van der Waals surface area contributed by atoms with Crippen molar-refractivity contribution < 1.29 is 0 Å². The lowest BCUT2D eigenvalue weighted by Crippen LogP contribution is -1.96. The van der Waals surface area contributed by atoms with Crippen molar-refractivity contribution in [2.45, 2.75) is 32.1 Å². The molecule has 1 saturated carbocycles. The summed E-state index contributed by atoms with van der Waals surface area (Å²) in [6, 6.07) is 0. The molecule has 59 valence electrons. The molecule has 0 N–H and O–H groups in total. The van der Waals surface area contributed by atoms with Gasteiger partial charge in [0.25, 0.3) is 0 Å². The third-order valence-corrected chi connectivity index (χ3v) is 3.34. The standard InChI is InChI=1S/C9H12NS/c1-7-3-2-4-8(7)9-5-10-6-11-9/h5-6,8H,2-4H2,1H3. The molecular weight excluding hydrogens is 154 g/mol. The average Bonchev–Trinajstić information content (AvgIpc) is 2.55. The van der Waals surface area contributed by atoms with Crippen LogP contribution in [-0.4, -0.2) is 4.98 Å². The Hall–Kier alpha value is -0.370. The van der Waals surface area contributed by atoms with E-state index in [2.05, 4.69) is 11.9 Å². The second-order valence-electron chi connectivity index (χ2n) is 3.19. The van der Waals surface area contributed by atoms with Gasteiger partial charge < -0.3 is 0 Å². The Labute approximate surface area is 71.5 Å². The molecule has 1 unspecified atom stereocenters. The summed E-state index contributed by atoms with van der Waals surface area (Å²) in [5, 5.41) is 0. The molecule has 11 heavy (non-hydrogen) atoms. The quantitative estimate of drug-likeness (QED) is 0.625. The van der Waals surface area contributed by atoms with E-state index in [0.29, 0.717) is 0 Å². The predicted molar refractivity (Wildman–Crippen MR) is 47.6 cm³/mol. The van der Waals surface area contributed by atoms with Crippen LogP contribution in [0.2, 0.25) is 0 Å². The SMILES string of the molecule is C[C]1CCCC1c1cncs1. The summed E-state index contributed by atoms with van der Waals surface area (Å²) in [6.07, 6.45) is 6.05. The molecule has 1 aromatic heterocycles. The van der Waals surface area contributed by atoms with Crippen molar-refractivity contribution in [3.63, 3.8) is 0 Å². The Morgan fingerprint density at radius 2 is 2.55 bits per heavy atom. The second-order valence-corrected chi connectivity index (χ2v) is 4.11. The summed E-state index contributed by atoms with van der Waals surface area (Å²) in [5.41, 5.74) is 1.93. The normalized spacial score (nSPS) is 26.1. The first kappa shape index (κ1) is 7.29. The van der Waals surface area contributed by atoms with Crippen molar-refractivity contribution in [3.8, 4) is 0 Å². The van der Waals surface area contributed by atoms with E-state index in [1.165, 1.54) is 24.1 Å². The Kier molecular flexibility index (Phi) is 1.95. The summed E-state index contributed by atoms with van der Waals surface area (Å²) in [4.78, 5) is 5.56. The maximum Gasteiger partial charge on any atom is 0.0794 e. The third kappa shape index (κ3) is 1.32. The Balaban J connectivity index is 2.16. The lowest BCUT2D eigenvalue weighted by molar-refractivity contribution is 0.765. The van der Waals surface area contributed by atoms with Gasteiger partial charge in [-0.1, -0.05) is 13.3 Å². The monoisotopic (exact) mass is 166 g/mol. The molecule has 0 saturated heterocycles. The van der Waals surface area contributed by atoms with Crippen LogP contribution < -0.4 is 0 Å². The van der Waals surface area contributed by atoms with E-state index in [0.717, 1.165) is 5.92 Å². The summed E-state index contributed by atoms with van der Waals surface area (Å²) in [7, 11) is 0. The second kappa shape index (κ2) is 2.94. The van der Waals surface area contributed by atoms with E-state index in [-0.39, 0.29) is 0 Å². The molecular formula is C9H12NS. The maximum atomic E-state index is 4.11. The number of hydrogen-bond donors (Lipinski definition) is 0. The number of aromatic nitrogens is 1. The summed E-state index contributed by atoms with van der Waals surface area (Å²) in [5.74, 6) is 2.39. The fourth-order valence-corrected chi connectivity index (χ4v) is 2.64. The first-order valence-corrected chi connectivity index (χ1v) is 4.96. The van der Waals surface area contributed by atoms with Gasteiger partial charge in [-0.15, -0.1) is 11.3 Å². The molecule has 2 rings (SSSR count). The third-order valence-electron chi connectivity index (χ3n) is 2.45. The van der Waals surface area contributed by atoms with Crippen molar-refractivity contribution in [1.82, 2.24) is 4.98 Å². The van der Waals surface area contributed by atoms with Crippen LogP contribution >= 0.6 is 11.3 Å². The molecule has 1 aromatic rings. The van der Waals surface area contributed by atoms with Crippen molar-refractivity contribution in [2.24, 2.45) is 0 Å². The molecule has 1 heterocycles. The van der Waals surface area contributed by atoms with Gasteiger partial charge in [0.2, 0.25) is 0 Å². The molecule has 1 atom stereocenters. The van der Waals surface area contributed by atoms with E-state index in [9.17, 15) is 0 Å². The van der Waals surface area contributed by atoms with Crippen molar-refractivity contribution >= 4 is 11.3 Å². The van der Waals surface area contributed by atoms with E-state index >= 15 is 0 Å². The van der Waals surface area contributed by atoms with Crippen LogP contribution in [0.5, 0.6) is 0 Å². The minimum absolute atomic E-state index is 0.738. The van der Waals surface area contributed by atoms with Crippen LogP contribution in [0, 0.1) is 5.92 Å². The van der Waals surface area contributed by atoms with E-state index in [1.807, 2.05) is 11.7 Å². The first-order valence-electron chi connectivity index (χ1n) is 4.08. The summed E-state index contributed by atoms with van der Waals surface area (Å²) < 4.78 is 0. The number of nitrogens with zero attached hydrogens (tertiary/aromatic N) is 1. The van der Waals surface area contributed by atoms with Gasteiger partial charge in [-0.25, -0.2) is 0 Å². The van der Waals surface area contributed by atoms with E-state index in [4.69, 9.17) is 0 Å². The van der Waals surface area contributed by atoms with Gasteiger partial charge in [0.05, 0.1) is 5.51 Å². The zero-order valence-corrected chi connectivity index (χ0v) is 7.53. The maximum absolute atomic E-state index is 4.11. The number of rotatable bonds is 1. The highest BCUT2D eigenvalue weighted by molar-refractivity contribution is 7.09. The van der Waals surface area contributed by atoms with Crippen LogP contribution in [0.15, 0.2) is 11.7 Å². The largest absolute Gasteiger partial charge is 0.253 e. The molecule has 1 aliphatic carbocycles. The predicted octanol–water partition coefficient (Wildman–Crippen LogP) is 3.00. The van der Waals surface area contributed by atoms with Crippen molar-refractivity contribution in [1.29, 1.82) is 0 Å². The van der Waals surface area contributed by atoms with Gasteiger partial charge in [-0.05, 0) is 18.8 Å². The molecule has 0 amide bonds. The van der Waals surface area contributed by atoms with Gasteiger partial charge >= 0.3 is 0 Å². The molecule has 0 aromatic carbocycles. The van der Waals surface area contributed by atoms with Gasteiger partial charge in [0.15, 0.2) is 0 Å². The van der Waals surface area contributed by atoms with Crippen molar-refractivity contribution in [3.05, 3.63) is 22.5 Å². The van der Waals surface area contributed by atoms with Crippen molar-refractivity contribution in [2.75, 3.05) is 0 Å². The minimum Gasteiger partial charge on any atom is -0.253 e. The highest BCUT2D eigenvalue weighted by atomic mass is 32.1. The van der Waals surface area contributed by atoms with Crippen LogP contribution in [0.3, 0.4) is 0 Å². The van der Waals surface area contributed by atoms with Crippen LogP contribution in [0.1, 0.15) is 37.0 Å². The molecule has 1 radical (unpaired) electrons. The fourth-order valence-electron chi connectivity index (χ4n) is 1.79. The molecule has 1 fully saturated rings. The van der Waals surface area contributed by atoms with Gasteiger partial charge in [-0.2, -0.15) is 0 Å². The average molecular weight is 166 g/mol. The molecule has 1 nitrogen and oxygen atoms in total. The van der Waals surface area contributed by atoms with E-state index < -0.39 is 0 Å². The Morgan fingerprint density at radius 3 is 3.09 bits per heavy atom. The Morgan fingerprint density at radius 1 is 1.64 bits per heavy atom. The van der Waals surface area contributed by atoms with E-state index in [1.54, 1.807) is 17.3 Å². The Bertz CT molecular complexity index is 217. The fraction of sp³-hybridized carbons (Fsp3) is 0.556. The van der Waals surface area contributed by atoms with Crippen LogP contribution in [-0.2, 0) is 0 Å². The highest BCUT2D eigenvalue weighted by Crippen LogP contribution is 2.41. The topological polar surface area (TPSA) is 12.9 Å². The minimum atomic E-state index is 0.738. The molecule has 2 heteroatoms. The highest BCUT2D eigenvalue weighted by Gasteiger charge is 2.25. The zero-order valence-electron chi connectivity index (χ0n) is 6.71. The van der Waals surface area contributed by atoms with Gasteiger partial charge in [0.1, 0.15) is 0 Å². The number of hydrogen-bond acceptors (Lipinski definition) is 2. The van der Waals surface area contributed by atoms with Crippen LogP contribution in [0.25, 0.3) is 0 Å². The lowest BCUT2D eigenvalue weighted by Gasteiger charge is -2.10. The molecule has 0 spiro atoms. The van der Waals surface area contributed by atoms with Gasteiger partial charge in [0, 0.05) is 17.0 Å². The zero-order chi connectivity index (χ0) is 7.68. The molecule has 0 bridgehead atoms. The van der Waals surface area contributed by atoms with Crippen LogP contribution in [0.4, 0.5) is 0 Å². The summed E-state index contributed by atoms with van der Waals surface area (Å²) in [6.45, 7) is 2.28. The molecule has 0 aliphatic heterocycles. The van der Waals surface area contributed by atoms with Gasteiger partial charge in [-0.3, -0.25) is 4.98 Å². The smallest absolute Gasteiger partial charge is 0.0794 e. The summed E-state index contributed by atoms with van der Waals surface area (Å²) >= 11 is 1.79. The number of thiazole rings is 1.